The van der Waals surface area contributed by atoms with Gasteiger partial charge in [-0.1, -0.05) is 0 Å². The summed E-state index contributed by atoms with van der Waals surface area (Å²) in [6.07, 6.45) is -1.78. The zero-order valence-electron chi connectivity index (χ0n) is 9.90. The van der Waals surface area contributed by atoms with Crippen molar-refractivity contribution in [2.24, 2.45) is 0 Å². The van der Waals surface area contributed by atoms with Gasteiger partial charge in [-0.15, -0.1) is 0 Å². The Balaban J connectivity index is 4.40. The summed E-state index contributed by atoms with van der Waals surface area (Å²) in [5, 5.41) is 0. The molecule has 0 unspecified atom stereocenters. The molecule has 0 radical (unpaired) electrons. The van der Waals surface area contributed by atoms with Crippen molar-refractivity contribution in [3.8, 4) is 0 Å². The van der Waals surface area contributed by atoms with Crippen molar-refractivity contribution in [3.05, 3.63) is 0 Å². The minimum atomic E-state index is -4.07. The quantitative estimate of drug-likeness (QED) is 0.573. The van der Waals surface area contributed by atoms with Crippen LogP contribution in [0.15, 0.2) is 0 Å². The fraction of sp³-hybridized carbons (Fsp3) is 0.667. The zero-order valence-corrected chi connectivity index (χ0v) is 12.3. The molecular formula is C9H12F3GaO6. The second-order valence-electron chi connectivity index (χ2n) is 3.08. The summed E-state index contributed by atoms with van der Waals surface area (Å²) in [6, 6.07) is 0. The second kappa shape index (κ2) is 10.7. The van der Waals surface area contributed by atoms with Gasteiger partial charge in [0.1, 0.15) is 0 Å². The first kappa shape index (κ1) is 17.8. The summed E-state index contributed by atoms with van der Waals surface area (Å²) in [5.74, 6) is -3.14. The summed E-state index contributed by atoms with van der Waals surface area (Å²) >= 11 is -4.07. The average Bonchev–Trinajstić information content (AvgIpc) is 2.29. The normalized spacial score (nSPS) is 9.63. The Morgan fingerprint density at radius 2 is 0.947 bits per heavy atom. The Morgan fingerprint density at radius 1 is 0.684 bits per heavy atom. The van der Waals surface area contributed by atoms with E-state index in [0.717, 1.165) is 0 Å². The first-order valence-corrected chi connectivity index (χ1v) is 8.26. The molecule has 0 atom stereocenters. The molecule has 0 aliphatic carbocycles. The van der Waals surface area contributed by atoms with Crippen LogP contribution < -0.4 is 0 Å². The molecule has 0 heterocycles. The van der Waals surface area contributed by atoms with E-state index in [1.807, 2.05) is 0 Å². The molecule has 108 valence electrons. The maximum absolute atomic E-state index is 11.9. The Hall–Kier alpha value is -1.16. The van der Waals surface area contributed by atoms with E-state index in [1.165, 1.54) is 0 Å². The van der Waals surface area contributed by atoms with Crippen LogP contribution in [0.3, 0.4) is 0 Å². The predicted octanol–water partition coefficient (Wildman–Crippen LogP) is 0.680. The van der Waals surface area contributed by atoms with E-state index in [-0.39, 0.29) is 0 Å². The summed E-state index contributed by atoms with van der Waals surface area (Å²) in [7, 11) is 0. The molecule has 0 fully saturated rings. The van der Waals surface area contributed by atoms with E-state index in [4.69, 9.17) is 0 Å². The van der Waals surface area contributed by atoms with E-state index < -0.39 is 74.5 Å². The Bertz CT molecular complexity index is 267. The van der Waals surface area contributed by atoms with Gasteiger partial charge in [-0.25, -0.2) is 0 Å². The molecule has 0 aliphatic rings. The molecule has 6 nitrogen and oxygen atoms in total. The van der Waals surface area contributed by atoms with Crippen LogP contribution in [-0.4, -0.2) is 55.2 Å². The molecule has 0 spiro atoms. The van der Waals surface area contributed by atoms with Crippen LogP contribution in [0.5, 0.6) is 0 Å². The summed E-state index contributed by atoms with van der Waals surface area (Å²) in [5.41, 5.74) is 0. The van der Waals surface area contributed by atoms with Gasteiger partial charge in [0.2, 0.25) is 0 Å². The summed E-state index contributed by atoms with van der Waals surface area (Å²) < 4.78 is 49.1. The number of hydrogen-bond donors (Lipinski definition) is 0. The third kappa shape index (κ3) is 9.42. The number of halogens is 3. The molecule has 0 aromatic carbocycles. The summed E-state index contributed by atoms with van der Waals surface area (Å²) in [4.78, 5) is 33.0. The predicted molar refractivity (Wildman–Crippen MR) is 55.8 cm³/mol. The van der Waals surface area contributed by atoms with Crippen molar-refractivity contribution in [1.82, 2.24) is 0 Å². The molecule has 0 saturated carbocycles. The van der Waals surface area contributed by atoms with Crippen molar-refractivity contribution in [2.75, 3.05) is 20.0 Å². The number of alkyl halides is 3. The van der Waals surface area contributed by atoms with Gasteiger partial charge in [-0.3, -0.25) is 0 Å². The molecule has 10 heteroatoms. The molecule has 0 aromatic heterocycles. The molecule has 0 rings (SSSR count). The summed E-state index contributed by atoms with van der Waals surface area (Å²) in [6.45, 7) is -2.99. The van der Waals surface area contributed by atoms with Gasteiger partial charge in [-0.05, 0) is 0 Å². The van der Waals surface area contributed by atoms with Gasteiger partial charge in [0.05, 0.1) is 0 Å². The molecule has 0 saturated heterocycles. The molecular weight excluding hydrogens is 331 g/mol. The van der Waals surface area contributed by atoms with Crippen LogP contribution in [0.2, 0.25) is 0 Å². The standard InChI is InChI=1S/3C3H5FO2.Ga/c3*4-2-1-3(5)6;/h3*1-2H2,(H,5,6);/q;;;+3/p-3. The first-order chi connectivity index (χ1) is 9.03. The van der Waals surface area contributed by atoms with Gasteiger partial charge in [0.25, 0.3) is 0 Å². The third-order valence-corrected chi connectivity index (χ3v) is 4.44. The van der Waals surface area contributed by atoms with Crippen LogP contribution in [0.1, 0.15) is 19.3 Å². The number of hydrogen-bond acceptors (Lipinski definition) is 6. The van der Waals surface area contributed by atoms with Crippen LogP contribution in [0.25, 0.3) is 0 Å². The van der Waals surface area contributed by atoms with Crippen molar-refractivity contribution in [2.45, 2.75) is 19.3 Å². The monoisotopic (exact) mass is 342 g/mol. The molecule has 0 amide bonds. The molecule has 0 bridgehead atoms. The van der Waals surface area contributed by atoms with Crippen LogP contribution >= 0.6 is 0 Å². The van der Waals surface area contributed by atoms with Crippen molar-refractivity contribution < 1.29 is 38.1 Å². The molecule has 0 aliphatic heterocycles. The van der Waals surface area contributed by atoms with Crippen molar-refractivity contribution in [3.63, 3.8) is 0 Å². The van der Waals surface area contributed by atoms with Gasteiger partial charge in [0, 0.05) is 0 Å². The molecule has 0 N–H and O–H groups in total. The Morgan fingerprint density at radius 3 is 1.16 bits per heavy atom. The third-order valence-electron chi connectivity index (χ3n) is 1.58. The first-order valence-electron chi connectivity index (χ1n) is 5.29. The van der Waals surface area contributed by atoms with E-state index in [2.05, 4.69) is 10.6 Å². The molecule has 19 heavy (non-hydrogen) atoms. The second-order valence-corrected chi connectivity index (χ2v) is 5.77. The maximum atomic E-state index is 11.9. The van der Waals surface area contributed by atoms with Gasteiger partial charge in [-0.2, -0.15) is 0 Å². The van der Waals surface area contributed by atoms with Crippen molar-refractivity contribution in [1.29, 1.82) is 0 Å². The topological polar surface area (TPSA) is 78.9 Å². The zero-order chi connectivity index (χ0) is 14.7. The van der Waals surface area contributed by atoms with Crippen LogP contribution in [0.4, 0.5) is 13.2 Å². The average molecular weight is 343 g/mol. The van der Waals surface area contributed by atoms with E-state index in [0.29, 0.717) is 0 Å². The van der Waals surface area contributed by atoms with E-state index in [1.54, 1.807) is 0 Å². The SMILES string of the molecule is O=C(CCF)[O][Ga]([O]C(=O)CCF)[O]C(=O)CCF. The number of carbonyl (C=O) groups excluding carboxylic acids is 3. The van der Waals surface area contributed by atoms with Crippen LogP contribution in [-0.2, 0) is 25.0 Å². The van der Waals surface area contributed by atoms with Gasteiger partial charge < -0.3 is 0 Å². The van der Waals surface area contributed by atoms with Gasteiger partial charge in [0.15, 0.2) is 0 Å². The van der Waals surface area contributed by atoms with E-state index >= 15 is 0 Å². The van der Waals surface area contributed by atoms with Crippen LogP contribution in [0, 0.1) is 0 Å². The fourth-order valence-electron chi connectivity index (χ4n) is 0.802. The Kier molecular flexibility index (Phi) is 10.1. The van der Waals surface area contributed by atoms with Gasteiger partial charge >= 0.3 is 113 Å². The van der Waals surface area contributed by atoms with E-state index in [9.17, 15) is 27.6 Å². The molecule has 0 aromatic rings. The minimum absolute atomic E-state index is 0.594. The Labute approximate surface area is 113 Å². The fourth-order valence-corrected chi connectivity index (χ4v) is 3.20. The number of carbonyl (C=O) groups is 3. The van der Waals surface area contributed by atoms with Crippen molar-refractivity contribution >= 4 is 35.2 Å². The number of rotatable bonds is 9.